The number of ether oxygens (including phenoxy) is 1. The van der Waals surface area contributed by atoms with E-state index in [0.717, 1.165) is 42.9 Å². The molecule has 3 aromatic carbocycles. The third-order valence-corrected chi connectivity index (χ3v) is 6.21. The number of hydrogen-bond acceptors (Lipinski definition) is 4. The van der Waals surface area contributed by atoms with Crippen molar-refractivity contribution in [1.82, 2.24) is 15.1 Å². The Kier molecular flexibility index (Phi) is 7.95. The number of nitrogens with one attached hydrogen (secondary N) is 1. The lowest BCUT2D eigenvalue weighted by molar-refractivity contribution is -0.115. The molecule has 1 N–H and O–H groups in total. The van der Waals surface area contributed by atoms with Crippen molar-refractivity contribution < 1.29 is 14.3 Å². The highest BCUT2D eigenvalue weighted by Gasteiger charge is 2.20. The van der Waals surface area contributed by atoms with Gasteiger partial charge in [-0.3, -0.25) is 9.59 Å². The van der Waals surface area contributed by atoms with Crippen LogP contribution in [0.2, 0.25) is 0 Å². The van der Waals surface area contributed by atoms with Crippen LogP contribution in [0.15, 0.2) is 78.9 Å². The minimum atomic E-state index is -0.181. The van der Waals surface area contributed by atoms with Crippen molar-refractivity contribution in [3.8, 4) is 5.75 Å². The normalized spacial score (nSPS) is 14.5. The fraction of sp³-hybridized carbons (Fsp3) is 0.241. The van der Waals surface area contributed by atoms with Crippen molar-refractivity contribution in [3.63, 3.8) is 0 Å². The van der Waals surface area contributed by atoms with Gasteiger partial charge in [0.1, 0.15) is 5.75 Å². The van der Waals surface area contributed by atoms with Crippen LogP contribution in [0.5, 0.6) is 5.75 Å². The summed E-state index contributed by atoms with van der Waals surface area (Å²) in [6.07, 6.45) is 1.85. The van der Waals surface area contributed by atoms with Gasteiger partial charge in [-0.1, -0.05) is 60.7 Å². The highest BCUT2D eigenvalue weighted by molar-refractivity contribution is 6.24. The van der Waals surface area contributed by atoms with E-state index in [1.807, 2.05) is 89.8 Å². The molecule has 0 aliphatic carbocycles. The molecule has 35 heavy (non-hydrogen) atoms. The summed E-state index contributed by atoms with van der Waals surface area (Å²) in [6, 6.07) is 24.7. The van der Waals surface area contributed by atoms with E-state index < -0.39 is 0 Å². The maximum absolute atomic E-state index is 13.2. The van der Waals surface area contributed by atoms with Gasteiger partial charge in [-0.15, -0.1) is 0 Å². The van der Waals surface area contributed by atoms with Crippen molar-refractivity contribution in [1.29, 1.82) is 0 Å². The van der Waals surface area contributed by atoms with Gasteiger partial charge in [0.05, 0.1) is 7.11 Å². The summed E-state index contributed by atoms with van der Waals surface area (Å²) in [5, 5.41) is 3.02. The molecule has 1 saturated heterocycles. The van der Waals surface area contributed by atoms with E-state index >= 15 is 0 Å². The summed E-state index contributed by atoms with van der Waals surface area (Å²) < 4.78 is 5.46. The zero-order valence-corrected chi connectivity index (χ0v) is 20.2. The fourth-order valence-corrected chi connectivity index (χ4v) is 4.07. The minimum Gasteiger partial charge on any atom is -0.496 e. The molecule has 4 rings (SSSR count). The molecule has 6 heteroatoms. The molecule has 6 nitrogen and oxygen atoms in total. The van der Waals surface area contributed by atoms with Crippen LogP contribution in [0.1, 0.15) is 27.0 Å². The van der Waals surface area contributed by atoms with E-state index in [-0.39, 0.29) is 11.8 Å². The predicted octanol–water partition coefficient (Wildman–Crippen LogP) is 3.94. The second-order valence-electron chi connectivity index (χ2n) is 8.64. The highest BCUT2D eigenvalue weighted by Crippen LogP contribution is 2.25. The van der Waals surface area contributed by atoms with Gasteiger partial charge in [-0.05, 0) is 42.4 Å². The third-order valence-electron chi connectivity index (χ3n) is 6.21. The lowest BCUT2D eigenvalue weighted by Crippen LogP contribution is -2.47. The van der Waals surface area contributed by atoms with E-state index in [1.54, 1.807) is 7.11 Å². The maximum atomic E-state index is 13.2. The zero-order chi connectivity index (χ0) is 24.6. The number of piperazine rings is 1. The zero-order valence-electron chi connectivity index (χ0n) is 20.2. The second-order valence-corrected chi connectivity index (χ2v) is 8.64. The van der Waals surface area contributed by atoms with Gasteiger partial charge in [0.2, 0.25) is 0 Å². The Morgan fingerprint density at radius 2 is 1.51 bits per heavy atom. The molecule has 0 spiro atoms. The minimum absolute atomic E-state index is 0.0554. The first-order valence-corrected chi connectivity index (χ1v) is 11.8. The number of carbonyl (C=O) groups excluding carboxylic acids is 2. The van der Waals surface area contributed by atoms with Crippen LogP contribution in [0, 0.1) is 0 Å². The molecule has 1 fully saturated rings. The Hall–Kier alpha value is -3.90. The summed E-state index contributed by atoms with van der Waals surface area (Å²) in [5.41, 5.74) is 3.81. The molecule has 0 radical (unpaired) electrons. The predicted molar refractivity (Wildman–Crippen MR) is 139 cm³/mol. The van der Waals surface area contributed by atoms with Crippen molar-refractivity contribution in [2.24, 2.45) is 0 Å². The van der Waals surface area contributed by atoms with E-state index in [2.05, 4.69) is 17.3 Å². The summed E-state index contributed by atoms with van der Waals surface area (Å²) in [4.78, 5) is 30.1. The van der Waals surface area contributed by atoms with Crippen molar-refractivity contribution in [3.05, 3.63) is 101 Å². The molecule has 180 valence electrons. The van der Waals surface area contributed by atoms with Crippen molar-refractivity contribution in [2.45, 2.75) is 6.54 Å². The van der Waals surface area contributed by atoms with Gasteiger partial charge in [0, 0.05) is 49.4 Å². The van der Waals surface area contributed by atoms with Gasteiger partial charge < -0.3 is 19.9 Å². The van der Waals surface area contributed by atoms with E-state index in [1.165, 1.54) is 0 Å². The van der Waals surface area contributed by atoms with Crippen LogP contribution in [0.25, 0.3) is 11.6 Å². The van der Waals surface area contributed by atoms with E-state index in [9.17, 15) is 9.59 Å². The molecular weight excluding hydrogens is 438 g/mol. The Bertz CT molecular complexity index is 1180. The van der Waals surface area contributed by atoms with Crippen LogP contribution >= 0.6 is 0 Å². The molecule has 1 aliphatic heterocycles. The average molecular weight is 470 g/mol. The highest BCUT2D eigenvalue weighted by atomic mass is 16.5. The number of likely N-dealkylation sites (N-methyl/N-ethyl adjacent to an activating group) is 1. The Balaban J connectivity index is 1.46. The van der Waals surface area contributed by atoms with Gasteiger partial charge in [-0.25, -0.2) is 0 Å². The number of amides is 2. The summed E-state index contributed by atoms with van der Waals surface area (Å²) in [5.74, 6) is 0.578. The van der Waals surface area contributed by atoms with E-state index in [0.29, 0.717) is 23.4 Å². The molecule has 1 aliphatic rings. The first kappa shape index (κ1) is 24.2. The first-order chi connectivity index (χ1) is 17.0. The monoisotopic (exact) mass is 469 g/mol. The topological polar surface area (TPSA) is 61.9 Å². The molecule has 0 aromatic heterocycles. The van der Waals surface area contributed by atoms with E-state index in [4.69, 9.17) is 4.74 Å². The fourth-order valence-electron chi connectivity index (χ4n) is 4.07. The number of nitrogens with zero attached hydrogens (tertiary/aromatic N) is 2. The largest absolute Gasteiger partial charge is 0.496 e. The van der Waals surface area contributed by atoms with Gasteiger partial charge in [0.25, 0.3) is 11.8 Å². The molecule has 0 saturated carbocycles. The van der Waals surface area contributed by atoms with Gasteiger partial charge in [0.15, 0.2) is 0 Å². The third kappa shape index (κ3) is 6.16. The second kappa shape index (κ2) is 11.5. The standard InChI is InChI=1S/C29H31N3O3/c1-31-16-18-32(19-17-31)29(34)24-14-12-22(13-15-24)21-30-28(33)26(23-8-4-3-5-9-23)20-25-10-6-7-11-27(25)35-2/h3-15,20H,16-19,21H2,1-2H3,(H,30,33). The van der Waals surface area contributed by atoms with Crippen molar-refractivity contribution >= 4 is 23.5 Å². The molecule has 2 amide bonds. The smallest absolute Gasteiger partial charge is 0.253 e. The molecular formula is C29H31N3O3. The summed E-state index contributed by atoms with van der Waals surface area (Å²) in [7, 11) is 3.69. The average Bonchev–Trinajstić information content (AvgIpc) is 2.91. The lowest BCUT2D eigenvalue weighted by Gasteiger charge is -2.32. The Labute approximate surface area is 206 Å². The maximum Gasteiger partial charge on any atom is 0.253 e. The first-order valence-electron chi connectivity index (χ1n) is 11.8. The van der Waals surface area contributed by atoms with Crippen LogP contribution < -0.4 is 10.1 Å². The Morgan fingerprint density at radius 3 is 2.20 bits per heavy atom. The molecule has 0 unspecified atom stereocenters. The number of para-hydroxylation sites is 1. The van der Waals surface area contributed by atoms with Crippen LogP contribution in [0.4, 0.5) is 0 Å². The Morgan fingerprint density at radius 1 is 0.857 bits per heavy atom. The number of rotatable bonds is 7. The quantitative estimate of drug-likeness (QED) is 0.421. The van der Waals surface area contributed by atoms with Gasteiger partial charge in [-0.2, -0.15) is 0 Å². The number of carbonyl (C=O) groups is 2. The summed E-state index contributed by atoms with van der Waals surface area (Å²) in [6.45, 7) is 3.63. The van der Waals surface area contributed by atoms with Crippen LogP contribution in [0.3, 0.4) is 0 Å². The summed E-state index contributed by atoms with van der Waals surface area (Å²) >= 11 is 0. The van der Waals surface area contributed by atoms with Gasteiger partial charge >= 0.3 is 0 Å². The van der Waals surface area contributed by atoms with Crippen molar-refractivity contribution in [2.75, 3.05) is 40.3 Å². The number of hydrogen-bond donors (Lipinski definition) is 1. The lowest BCUT2D eigenvalue weighted by atomic mass is 10.0. The molecule has 0 bridgehead atoms. The SMILES string of the molecule is COc1ccccc1C=C(C(=O)NCc1ccc(C(=O)N2CCN(C)CC2)cc1)c1ccccc1. The van der Waals surface area contributed by atoms with Crippen LogP contribution in [-0.2, 0) is 11.3 Å². The molecule has 3 aromatic rings. The number of benzene rings is 3. The number of methoxy groups -OCH3 is 1. The van der Waals surface area contributed by atoms with Crippen LogP contribution in [-0.4, -0.2) is 62.0 Å². The molecule has 0 atom stereocenters. The molecule has 1 heterocycles.